The first-order valence-corrected chi connectivity index (χ1v) is 7.87. The van der Waals surface area contributed by atoms with E-state index in [-0.39, 0.29) is 10.6 Å². The molecule has 0 unspecified atom stereocenters. The monoisotopic (exact) mass is 379 g/mol. The van der Waals surface area contributed by atoms with Crippen LogP contribution in [0.5, 0.6) is 0 Å². The first-order chi connectivity index (χ1) is 9.62. The highest BCUT2D eigenvalue weighted by atomic mass is 79.9. The molecule has 0 heterocycles. The molecule has 0 aliphatic rings. The summed E-state index contributed by atoms with van der Waals surface area (Å²) in [6.07, 6.45) is -4.81. The predicted molar refractivity (Wildman–Crippen MR) is 75.5 cm³/mol. The van der Waals surface area contributed by atoms with Crippen LogP contribution in [0.4, 0.5) is 18.9 Å². The van der Waals surface area contributed by atoms with E-state index in [0.717, 1.165) is 12.1 Å². The van der Waals surface area contributed by atoms with Gasteiger partial charge >= 0.3 is 6.18 Å². The van der Waals surface area contributed by atoms with Gasteiger partial charge in [-0.05, 0) is 42.5 Å². The van der Waals surface area contributed by atoms with Crippen molar-refractivity contribution in [2.24, 2.45) is 0 Å². The van der Waals surface area contributed by atoms with E-state index in [1.54, 1.807) is 0 Å². The Labute approximate surface area is 127 Å². The van der Waals surface area contributed by atoms with Crippen molar-refractivity contribution in [1.29, 1.82) is 0 Å². The number of benzene rings is 2. The van der Waals surface area contributed by atoms with Gasteiger partial charge in [-0.1, -0.05) is 15.9 Å². The van der Waals surface area contributed by atoms with Gasteiger partial charge in [0.25, 0.3) is 0 Å². The molecule has 2 aromatic carbocycles. The molecule has 0 aliphatic carbocycles. The van der Waals surface area contributed by atoms with E-state index in [1.807, 2.05) is 0 Å². The molecule has 0 saturated carbocycles. The number of anilines is 1. The Hall–Kier alpha value is -1.54. The van der Waals surface area contributed by atoms with E-state index < -0.39 is 26.5 Å². The van der Waals surface area contributed by atoms with E-state index in [9.17, 15) is 21.6 Å². The van der Waals surface area contributed by atoms with Crippen LogP contribution in [0.15, 0.2) is 56.7 Å². The van der Waals surface area contributed by atoms with Crippen LogP contribution < -0.4 is 5.73 Å². The normalized spacial score (nSPS) is 12.4. The third-order valence-electron chi connectivity index (χ3n) is 2.72. The van der Waals surface area contributed by atoms with Crippen LogP contribution >= 0.6 is 15.9 Å². The molecule has 0 aliphatic heterocycles. The van der Waals surface area contributed by atoms with Gasteiger partial charge < -0.3 is 5.73 Å². The Kier molecular flexibility index (Phi) is 4.03. The van der Waals surface area contributed by atoms with Crippen LogP contribution in [0.3, 0.4) is 0 Å². The first-order valence-electron chi connectivity index (χ1n) is 5.60. The highest BCUT2D eigenvalue weighted by Crippen LogP contribution is 2.37. The molecule has 2 aromatic rings. The third-order valence-corrected chi connectivity index (χ3v) is 5.08. The van der Waals surface area contributed by atoms with Crippen LogP contribution in [0.1, 0.15) is 5.56 Å². The van der Waals surface area contributed by atoms with Gasteiger partial charge in [0.05, 0.1) is 15.4 Å². The number of hydrogen-bond donors (Lipinski definition) is 1. The summed E-state index contributed by atoms with van der Waals surface area (Å²) in [6, 6.07) is 7.96. The van der Waals surface area contributed by atoms with Crippen molar-refractivity contribution in [2.45, 2.75) is 16.0 Å². The van der Waals surface area contributed by atoms with Gasteiger partial charge in [-0.25, -0.2) is 8.42 Å². The number of alkyl halides is 3. The number of halogens is 4. The van der Waals surface area contributed by atoms with Crippen LogP contribution in [0, 0.1) is 0 Å². The lowest BCUT2D eigenvalue weighted by molar-refractivity contribution is -0.139. The molecule has 0 atom stereocenters. The lowest BCUT2D eigenvalue weighted by atomic mass is 10.2. The summed E-state index contributed by atoms with van der Waals surface area (Å²) in [5.41, 5.74) is 3.90. The van der Waals surface area contributed by atoms with Crippen molar-refractivity contribution in [3.05, 3.63) is 52.5 Å². The van der Waals surface area contributed by atoms with Gasteiger partial charge in [0.15, 0.2) is 0 Å². The Bertz CT molecular complexity index is 771. The standard InChI is InChI=1S/C13H9BrF3NO2S/c14-8-1-4-10(5-2-8)21(19,20)12-6-3-9(18)7-11(12)13(15,16)17/h1-7H,18H2. The van der Waals surface area contributed by atoms with Gasteiger partial charge in [0.2, 0.25) is 9.84 Å². The number of nitrogen functional groups attached to an aromatic ring is 1. The van der Waals surface area contributed by atoms with Crippen LogP contribution in [0.2, 0.25) is 0 Å². The van der Waals surface area contributed by atoms with Crippen LogP contribution in [-0.4, -0.2) is 8.42 Å². The van der Waals surface area contributed by atoms with Gasteiger partial charge in [-0.2, -0.15) is 13.2 Å². The summed E-state index contributed by atoms with van der Waals surface area (Å²) >= 11 is 3.13. The van der Waals surface area contributed by atoms with E-state index in [2.05, 4.69) is 15.9 Å². The second kappa shape index (κ2) is 5.34. The Balaban J connectivity index is 2.68. The van der Waals surface area contributed by atoms with E-state index in [4.69, 9.17) is 5.73 Å². The van der Waals surface area contributed by atoms with Gasteiger partial charge in [0.1, 0.15) is 0 Å². The molecule has 112 valence electrons. The molecule has 3 nitrogen and oxygen atoms in total. The third kappa shape index (κ3) is 3.21. The van der Waals surface area contributed by atoms with Crippen molar-refractivity contribution in [2.75, 3.05) is 5.73 Å². The first kappa shape index (κ1) is 15.8. The largest absolute Gasteiger partial charge is 0.417 e. The molecule has 0 radical (unpaired) electrons. The second-order valence-electron chi connectivity index (χ2n) is 4.21. The van der Waals surface area contributed by atoms with E-state index >= 15 is 0 Å². The highest BCUT2D eigenvalue weighted by Gasteiger charge is 2.37. The van der Waals surface area contributed by atoms with E-state index in [0.29, 0.717) is 10.5 Å². The molecule has 8 heteroatoms. The molecular weight excluding hydrogens is 371 g/mol. The number of hydrogen-bond acceptors (Lipinski definition) is 3. The van der Waals surface area contributed by atoms with Gasteiger partial charge in [-0.15, -0.1) is 0 Å². The molecule has 0 fully saturated rings. The number of sulfone groups is 1. The lowest BCUT2D eigenvalue weighted by Gasteiger charge is -2.14. The number of nitrogens with two attached hydrogens (primary N) is 1. The summed E-state index contributed by atoms with van der Waals surface area (Å²) in [4.78, 5) is -1.03. The molecule has 2 rings (SSSR count). The minimum atomic E-state index is -4.81. The van der Waals surface area contributed by atoms with Crippen molar-refractivity contribution < 1.29 is 21.6 Å². The molecular formula is C13H9BrF3NO2S. The number of rotatable bonds is 2. The quantitative estimate of drug-likeness (QED) is 0.805. The Morgan fingerprint density at radius 3 is 2.10 bits per heavy atom. The van der Waals surface area contributed by atoms with Gasteiger partial charge in [-0.3, -0.25) is 0 Å². The molecule has 0 aromatic heterocycles. The zero-order valence-corrected chi connectivity index (χ0v) is 12.8. The fourth-order valence-corrected chi connectivity index (χ4v) is 3.47. The molecule has 0 spiro atoms. The average Bonchev–Trinajstić information content (AvgIpc) is 2.38. The van der Waals surface area contributed by atoms with Crippen molar-refractivity contribution in [1.82, 2.24) is 0 Å². The van der Waals surface area contributed by atoms with Crippen molar-refractivity contribution >= 4 is 31.5 Å². The van der Waals surface area contributed by atoms with E-state index in [1.165, 1.54) is 24.3 Å². The molecule has 2 N–H and O–H groups in total. The van der Waals surface area contributed by atoms with Gasteiger partial charge in [0, 0.05) is 10.2 Å². The minimum absolute atomic E-state index is 0.155. The summed E-state index contributed by atoms with van der Waals surface area (Å²) < 4.78 is 64.4. The maximum absolute atomic E-state index is 13.0. The van der Waals surface area contributed by atoms with Crippen LogP contribution in [-0.2, 0) is 16.0 Å². The summed E-state index contributed by atoms with van der Waals surface area (Å²) in [5, 5.41) is 0. The fourth-order valence-electron chi connectivity index (χ4n) is 1.74. The fraction of sp³-hybridized carbons (Fsp3) is 0.0769. The highest BCUT2D eigenvalue weighted by molar-refractivity contribution is 9.10. The Morgan fingerprint density at radius 1 is 1.00 bits per heavy atom. The smallest absolute Gasteiger partial charge is 0.399 e. The average molecular weight is 380 g/mol. The topological polar surface area (TPSA) is 60.2 Å². The SMILES string of the molecule is Nc1ccc(S(=O)(=O)c2ccc(Br)cc2)c(C(F)(F)F)c1. The predicted octanol–water partition coefficient (Wildman–Crippen LogP) is 3.88. The zero-order valence-electron chi connectivity index (χ0n) is 10.4. The second-order valence-corrected chi connectivity index (χ2v) is 7.04. The summed E-state index contributed by atoms with van der Waals surface area (Å²) in [6.45, 7) is 0. The summed E-state index contributed by atoms with van der Waals surface area (Å²) in [5.74, 6) is 0. The zero-order chi connectivity index (χ0) is 15.8. The summed E-state index contributed by atoms with van der Waals surface area (Å²) in [7, 11) is -4.28. The molecule has 0 saturated heterocycles. The molecule has 0 amide bonds. The lowest BCUT2D eigenvalue weighted by Crippen LogP contribution is -2.14. The molecule has 21 heavy (non-hydrogen) atoms. The maximum Gasteiger partial charge on any atom is 0.417 e. The molecule has 0 bridgehead atoms. The van der Waals surface area contributed by atoms with Crippen molar-refractivity contribution in [3.8, 4) is 0 Å². The van der Waals surface area contributed by atoms with Crippen LogP contribution in [0.25, 0.3) is 0 Å². The maximum atomic E-state index is 13.0. The van der Waals surface area contributed by atoms with Crippen molar-refractivity contribution in [3.63, 3.8) is 0 Å². The Morgan fingerprint density at radius 2 is 1.57 bits per heavy atom. The minimum Gasteiger partial charge on any atom is -0.399 e.